The number of halogens is 4. The van der Waals surface area contributed by atoms with Gasteiger partial charge in [0.1, 0.15) is 12.3 Å². The van der Waals surface area contributed by atoms with Crippen LogP contribution in [0, 0.1) is 5.92 Å². The molecule has 1 aromatic heterocycles. The molecule has 1 fully saturated rings. The molecular formula is C20H33F3IN5O2. The highest BCUT2D eigenvalue weighted by atomic mass is 127. The van der Waals surface area contributed by atoms with Gasteiger partial charge in [-0.15, -0.1) is 24.0 Å². The summed E-state index contributed by atoms with van der Waals surface area (Å²) in [5.41, 5.74) is 0. The number of nitrogens with one attached hydrogen (secondary N) is 1. The smallest absolute Gasteiger partial charge is 0.401 e. The van der Waals surface area contributed by atoms with Crippen molar-refractivity contribution in [3.8, 4) is 0 Å². The van der Waals surface area contributed by atoms with Gasteiger partial charge in [0.15, 0.2) is 5.96 Å². The Morgan fingerprint density at radius 2 is 2.13 bits per heavy atom. The number of carbonyl (C=O) groups excluding carboxylic acids is 1. The lowest BCUT2D eigenvalue weighted by atomic mass is 10.1. The maximum absolute atomic E-state index is 12.7. The summed E-state index contributed by atoms with van der Waals surface area (Å²) in [4.78, 5) is 21.3. The minimum atomic E-state index is -4.19. The van der Waals surface area contributed by atoms with E-state index in [2.05, 4.69) is 10.3 Å². The quantitative estimate of drug-likeness (QED) is 0.287. The Bertz CT molecular complexity index is 683. The number of likely N-dealkylation sites (tertiary alicyclic amines) is 1. The van der Waals surface area contributed by atoms with Gasteiger partial charge in [0.25, 0.3) is 0 Å². The van der Waals surface area contributed by atoms with E-state index in [1.54, 1.807) is 27.3 Å². The molecule has 0 aromatic carbocycles. The summed E-state index contributed by atoms with van der Waals surface area (Å²) < 4.78 is 43.6. The second-order valence-electron chi connectivity index (χ2n) is 7.73. The Kier molecular flexibility index (Phi) is 11.7. The maximum Gasteiger partial charge on any atom is 0.401 e. The van der Waals surface area contributed by atoms with E-state index in [-0.39, 0.29) is 42.3 Å². The van der Waals surface area contributed by atoms with Crippen LogP contribution in [0.15, 0.2) is 27.8 Å². The molecule has 1 aliphatic heterocycles. The number of carbonyl (C=O) groups is 1. The van der Waals surface area contributed by atoms with Crippen LogP contribution in [0.2, 0.25) is 0 Å². The zero-order valence-electron chi connectivity index (χ0n) is 18.3. The molecule has 1 saturated heterocycles. The molecule has 7 nitrogen and oxygen atoms in total. The van der Waals surface area contributed by atoms with Crippen LogP contribution < -0.4 is 5.32 Å². The predicted octanol–water partition coefficient (Wildman–Crippen LogP) is 2.68. The van der Waals surface area contributed by atoms with Crippen LogP contribution in [0.5, 0.6) is 0 Å². The van der Waals surface area contributed by atoms with Crippen LogP contribution in [0.25, 0.3) is 0 Å². The zero-order valence-corrected chi connectivity index (χ0v) is 20.7. The van der Waals surface area contributed by atoms with Crippen LogP contribution in [-0.4, -0.2) is 92.7 Å². The van der Waals surface area contributed by atoms with E-state index < -0.39 is 12.7 Å². The van der Waals surface area contributed by atoms with Crippen molar-refractivity contribution in [3.63, 3.8) is 0 Å². The molecule has 1 atom stereocenters. The molecule has 11 heteroatoms. The Hall–Kier alpha value is -1.50. The van der Waals surface area contributed by atoms with Gasteiger partial charge < -0.3 is 19.5 Å². The highest BCUT2D eigenvalue weighted by molar-refractivity contribution is 14.0. The largest absolute Gasteiger partial charge is 0.469 e. The minimum absolute atomic E-state index is 0. The summed E-state index contributed by atoms with van der Waals surface area (Å²) in [6.45, 7) is 3.51. The lowest BCUT2D eigenvalue weighted by Crippen LogP contribution is -2.43. The molecule has 1 unspecified atom stereocenters. The fourth-order valence-corrected chi connectivity index (χ4v) is 3.40. The van der Waals surface area contributed by atoms with Gasteiger partial charge in [-0.1, -0.05) is 6.92 Å². The first kappa shape index (κ1) is 27.5. The molecule has 0 spiro atoms. The lowest BCUT2D eigenvalue weighted by molar-refractivity contribution is -0.146. The molecule has 0 radical (unpaired) electrons. The monoisotopic (exact) mass is 559 g/mol. The van der Waals surface area contributed by atoms with Gasteiger partial charge in [0.2, 0.25) is 5.91 Å². The summed E-state index contributed by atoms with van der Waals surface area (Å²) in [6, 6.07) is 3.71. The number of furan rings is 1. The first-order chi connectivity index (χ1) is 14.2. The average Bonchev–Trinajstić information content (AvgIpc) is 3.34. The summed E-state index contributed by atoms with van der Waals surface area (Å²) in [7, 11) is 3.35. The number of likely N-dealkylation sites (N-methyl/N-ethyl adjacent to an activating group) is 1. The predicted molar refractivity (Wildman–Crippen MR) is 125 cm³/mol. The lowest BCUT2D eigenvalue weighted by Gasteiger charge is -2.26. The zero-order chi connectivity index (χ0) is 22.1. The molecule has 178 valence electrons. The van der Waals surface area contributed by atoms with Crippen molar-refractivity contribution < 1.29 is 22.4 Å². The summed E-state index contributed by atoms with van der Waals surface area (Å²) >= 11 is 0. The van der Waals surface area contributed by atoms with E-state index >= 15 is 0 Å². The van der Waals surface area contributed by atoms with E-state index in [1.807, 2.05) is 17.0 Å². The van der Waals surface area contributed by atoms with E-state index in [9.17, 15) is 18.0 Å². The van der Waals surface area contributed by atoms with Crippen LogP contribution in [0.3, 0.4) is 0 Å². The first-order valence-corrected chi connectivity index (χ1v) is 10.2. The summed E-state index contributed by atoms with van der Waals surface area (Å²) in [5, 5.41) is 3.27. The Balaban J connectivity index is 0.00000480. The number of aliphatic imine (C=N–C) groups is 1. The molecule has 1 aliphatic rings. The third-order valence-corrected chi connectivity index (χ3v) is 5.05. The third-order valence-electron chi connectivity index (χ3n) is 5.05. The van der Waals surface area contributed by atoms with E-state index in [4.69, 9.17) is 4.42 Å². The molecule has 0 bridgehead atoms. The molecule has 1 amide bonds. The van der Waals surface area contributed by atoms with Crippen molar-refractivity contribution >= 4 is 35.8 Å². The second-order valence-corrected chi connectivity index (χ2v) is 7.73. The molecule has 2 heterocycles. The van der Waals surface area contributed by atoms with Gasteiger partial charge in [0, 0.05) is 46.7 Å². The van der Waals surface area contributed by atoms with E-state index in [1.165, 1.54) is 9.80 Å². The molecule has 0 aliphatic carbocycles. The number of hydrogen-bond donors (Lipinski definition) is 1. The van der Waals surface area contributed by atoms with Crippen molar-refractivity contribution in [1.82, 2.24) is 20.0 Å². The highest BCUT2D eigenvalue weighted by Gasteiger charge is 2.33. The second kappa shape index (κ2) is 13.1. The van der Waals surface area contributed by atoms with Crippen LogP contribution in [0.4, 0.5) is 13.2 Å². The van der Waals surface area contributed by atoms with Crippen LogP contribution in [0.1, 0.15) is 19.1 Å². The normalized spacial score (nSPS) is 17.1. The van der Waals surface area contributed by atoms with Crippen molar-refractivity contribution in [3.05, 3.63) is 24.2 Å². The van der Waals surface area contributed by atoms with Crippen LogP contribution >= 0.6 is 24.0 Å². The molecule has 1 aromatic rings. The fourth-order valence-electron chi connectivity index (χ4n) is 3.40. The van der Waals surface area contributed by atoms with Crippen molar-refractivity contribution in [2.75, 3.05) is 59.9 Å². The van der Waals surface area contributed by atoms with Gasteiger partial charge in [-0.05, 0) is 31.0 Å². The van der Waals surface area contributed by atoms with Gasteiger partial charge in [-0.25, -0.2) is 4.99 Å². The number of rotatable bonds is 9. The van der Waals surface area contributed by atoms with Crippen molar-refractivity contribution in [2.45, 2.75) is 25.9 Å². The Labute approximate surface area is 199 Å². The number of amides is 1. The van der Waals surface area contributed by atoms with Gasteiger partial charge in [0.05, 0.1) is 12.8 Å². The summed E-state index contributed by atoms with van der Waals surface area (Å²) in [6.07, 6.45) is -1.12. The van der Waals surface area contributed by atoms with Gasteiger partial charge in [-0.3, -0.25) is 9.69 Å². The average molecular weight is 559 g/mol. The topological polar surface area (TPSA) is 64.3 Å². The minimum Gasteiger partial charge on any atom is -0.469 e. The molecular weight excluding hydrogens is 526 g/mol. The van der Waals surface area contributed by atoms with Crippen molar-refractivity contribution in [1.29, 1.82) is 0 Å². The molecule has 1 N–H and O–H groups in total. The van der Waals surface area contributed by atoms with Gasteiger partial charge in [-0.2, -0.15) is 13.2 Å². The molecule has 0 saturated carbocycles. The van der Waals surface area contributed by atoms with E-state index in [0.717, 1.165) is 12.2 Å². The Morgan fingerprint density at radius 1 is 1.39 bits per heavy atom. The van der Waals surface area contributed by atoms with Crippen molar-refractivity contribution in [2.24, 2.45) is 10.9 Å². The van der Waals surface area contributed by atoms with Crippen LogP contribution in [-0.2, 0) is 11.2 Å². The fraction of sp³-hybridized carbons (Fsp3) is 0.700. The number of guanidine groups is 1. The van der Waals surface area contributed by atoms with Gasteiger partial charge >= 0.3 is 6.18 Å². The highest BCUT2D eigenvalue weighted by Crippen LogP contribution is 2.21. The standard InChI is InChI=1S/C20H32F3N5O2.HI/c1-4-27(15-20(21,22)23)13-16-8-10-28(14-16)19(25-12-18(29)26(2)3)24-9-7-17-6-5-11-30-17;/h5-6,11,16H,4,7-10,12-15H2,1-3H3,(H,24,25);1H. The molecule has 2 rings (SSSR count). The molecule has 31 heavy (non-hydrogen) atoms. The third kappa shape index (κ3) is 10.1. The first-order valence-electron chi connectivity index (χ1n) is 10.2. The Morgan fingerprint density at radius 3 is 2.71 bits per heavy atom. The maximum atomic E-state index is 12.7. The number of nitrogens with zero attached hydrogens (tertiary/aromatic N) is 4. The SMILES string of the molecule is CCN(CC1CCN(C(=NCC(=O)N(C)C)NCCc2ccco2)C1)CC(F)(F)F.I. The number of hydrogen-bond acceptors (Lipinski definition) is 4. The van der Waals surface area contributed by atoms with E-state index in [0.29, 0.717) is 45.1 Å². The number of alkyl halides is 3. The summed E-state index contributed by atoms with van der Waals surface area (Å²) in [5.74, 6) is 1.46.